The predicted octanol–water partition coefficient (Wildman–Crippen LogP) is 1.57. The van der Waals surface area contributed by atoms with Crippen molar-refractivity contribution in [1.29, 1.82) is 0 Å². The first-order valence-corrected chi connectivity index (χ1v) is 7.62. The summed E-state index contributed by atoms with van der Waals surface area (Å²) in [5.74, 6) is 0.193. The molecule has 0 aromatic heterocycles. The maximum absolute atomic E-state index is 11.8. The lowest BCUT2D eigenvalue weighted by molar-refractivity contribution is -0.121. The maximum Gasteiger partial charge on any atom is 0.221 e. The van der Waals surface area contributed by atoms with Crippen LogP contribution in [-0.4, -0.2) is 25.0 Å². The molecule has 0 spiro atoms. The smallest absolute Gasteiger partial charge is 0.221 e. The second kappa shape index (κ2) is 5.83. The Morgan fingerprint density at radius 2 is 2.25 bits per heavy atom. The second-order valence-corrected chi connectivity index (χ2v) is 5.85. The molecule has 0 bridgehead atoms. The number of amides is 1. The van der Waals surface area contributed by atoms with Crippen LogP contribution in [0.2, 0.25) is 0 Å². The molecule has 0 saturated heterocycles. The molecule has 3 rings (SSSR count). The molecule has 1 aliphatic carbocycles. The molecule has 0 atom stereocenters. The number of nitrogens with two attached hydrogens (primary N) is 1. The number of anilines is 1. The van der Waals surface area contributed by atoms with Gasteiger partial charge in [0.05, 0.1) is 0 Å². The molecule has 108 valence electrons. The molecule has 20 heavy (non-hydrogen) atoms. The monoisotopic (exact) mass is 273 g/mol. The molecule has 1 amide bonds. The number of carbonyl (C=O) groups is 1. The van der Waals surface area contributed by atoms with Gasteiger partial charge in [-0.2, -0.15) is 0 Å². The zero-order valence-corrected chi connectivity index (χ0v) is 11.9. The lowest BCUT2D eigenvalue weighted by Crippen LogP contribution is -2.34. The van der Waals surface area contributed by atoms with E-state index in [4.69, 9.17) is 5.73 Å². The molecule has 2 aliphatic rings. The van der Waals surface area contributed by atoms with Gasteiger partial charge in [-0.1, -0.05) is 12.1 Å². The van der Waals surface area contributed by atoms with Crippen LogP contribution in [0, 0.1) is 0 Å². The highest BCUT2D eigenvalue weighted by Crippen LogP contribution is 2.28. The van der Waals surface area contributed by atoms with E-state index in [2.05, 4.69) is 28.4 Å². The third-order valence-electron chi connectivity index (χ3n) is 4.15. The summed E-state index contributed by atoms with van der Waals surface area (Å²) < 4.78 is 0. The highest BCUT2D eigenvalue weighted by molar-refractivity contribution is 5.77. The van der Waals surface area contributed by atoms with Crippen LogP contribution in [0.25, 0.3) is 0 Å². The lowest BCUT2D eigenvalue weighted by Gasteiger charge is -2.31. The van der Waals surface area contributed by atoms with E-state index in [9.17, 15) is 4.79 Å². The Hall–Kier alpha value is -1.55. The average Bonchev–Trinajstić information content (AvgIpc) is 3.28. The topological polar surface area (TPSA) is 58.4 Å². The highest BCUT2D eigenvalue weighted by atomic mass is 16.1. The van der Waals surface area contributed by atoms with Crippen molar-refractivity contribution in [2.45, 2.75) is 44.7 Å². The Morgan fingerprint density at radius 3 is 3.00 bits per heavy atom. The zero-order chi connectivity index (χ0) is 13.9. The van der Waals surface area contributed by atoms with Crippen LogP contribution in [0.5, 0.6) is 0 Å². The normalized spacial score (nSPS) is 17.8. The highest BCUT2D eigenvalue weighted by Gasteiger charge is 2.24. The molecule has 4 heteroatoms. The zero-order valence-electron chi connectivity index (χ0n) is 11.9. The van der Waals surface area contributed by atoms with Crippen LogP contribution in [0.1, 0.15) is 36.8 Å². The largest absolute Gasteiger partial charge is 0.371 e. The van der Waals surface area contributed by atoms with Crippen molar-refractivity contribution >= 4 is 11.6 Å². The average molecular weight is 273 g/mol. The molecule has 1 aliphatic heterocycles. The van der Waals surface area contributed by atoms with Crippen LogP contribution in [0.15, 0.2) is 18.2 Å². The van der Waals surface area contributed by atoms with Gasteiger partial charge in [0, 0.05) is 37.8 Å². The summed E-state index contributed by atoms with van der Waals surface area (Å²) in [7, 11) is 0. The molecule has 1 aromatic carbocycles. The second-order valence-electron chi connectivity index (χ2n) is 5.85. The number of fused-ring (bicyclic) bond motifs is 1. The minimum absolute atomic E-state index is 0.193. The number of nitrogens with one attached hydrogen (secondary N) is 1. The fraction of sp³-hybridized carbons (Fsp3) is 0.562. The number of nitrogens with zero attached hydrogens (tertiary/aromatic N) is 1. The number of aryl methyl sites for hydroxylation is 1. The van der Waals surface area contributed by atoms with Crippen LogP contribution < -0.4 is 16.0 Å². The van der Waals surface area contributed by atoms with E-state index >= 15 is 0 Å². The molecule has 1 heterocycles. The maximum atomic E-state index is 11.8. The van der Waals surface area contributed by atoms with Gasteiger partial charge in [0.1, 0.15) is 0 Å². The summed E-state index contributed by atoms with van der Waals surface area (Å²) in [5.41, 5.74) is 9.56. The van der Waals surface area contributed by atoms with E-state index in [0.29, 0.717) is 19.0 Å². The number of hydrogen-bond donors (Lipinski definition) is 2. The lowest BCUT2D eigenvalue weighted by atomic mass is 9.99. The Morgan fingerprint density at radius 1 is 1.40 bits per heavy atom. The van der Waals surface area contributed by atoms with Gasteiger partial charge in [0.15, 0.2) is 0 Å². The van der Waals surface area contributed by atoms with Gasteiger partial charge in [-0.3, -0.25) is 4.79 Å². The SMILES string of the molecule is NCc1ccc2c(c1)CCCN2CCC(=O)NC1CC1. The number of carbonyl (C=O) groups excluding carboxylic acids is 1. The van der Waals surface area contributed by atoms with E-state index in [-0.39, 0.29) is 5.91 Å². The third-order valence-corrected chi connectivity index (χ3v) is 4.15. The Labute approximate surface area is 120 Å². The molecule has 3 N–H and O–H groups in total. The summed E-state index contributed by atoms with van der Waals surface area (Å²) in [5, 5.41) is 3.05. The number of hydrogen-bond acceptors (Lipinski definition) is 3. The van der Waals surface area contributed by atoms with Crippen LogP contribution in [0.3, 0.4) is 0 Å². The van der Waals surface area contributed by atoms with Gasteiger partial charge in [-0.15, -0.1) is 0 Å². The molecular weight excluding hydrogens is 250 g/mol. The third kappa shape index (κ3) is 3.12. The summed E-state index contributed by atoms with van der Waals surface area (Å²) in [4.78, 5) is 14.1. The van der Waals surface area contributed by atoms with E-state index < -0.39 is 0 Å². The van der Waals surface area contributed by atoms with Crippen molar-refractivity contribution in [3.8, 4) is 0 Å². The van der Waals surface area contributed by atoms with Crippen molar-refractivity contribution < 1.29 is 4.79 Å². The van der Waals surface area contributed by atoms with Gasteiger partial charge in [0.25, 0.3) is 0 Å². The van der Waals surface area contributed by atoms with Crippen molar-refractivity contribution in [2.24, 2.45) is 5.73 Å². The summed E-state index contributed by atoms with van der Waals surface area (Å²) in [6.45, 7) is 2.45. The standard InChI is InChI=1S/C16H23N3O/c17-11-12-3-6-15-13(10-12)2-1-8-19(15)9-7-16(20)18-14-4-5-14/h3,6,10,14H,1-2,4-5,7-9,11,17H2,(H,18,20). The van der Waals surface area contributed by atoms with Gasteiger partial charge < -0.3 is 16.0 Å². The van der Waals surface area contributed by atoms with Crippen molar-refractivity contribution in [1.82, 2.24) is 5.32 Å². The minimum Gasteiger partial charge on any atom is -0.371 e. The molecule has 1 saturated carbocycles. The first-order chi connectivity index (χ1) is 9.76. The van der Waals surface area contributed by atoms with Gasteiger partial charge in [0.2, 0.25) is 5.91 Å². The van der Waals surface area contributed by atoms with E-state index in [0.717, 1.165) is 38.8 Å². The molecule has 4 nitrogen and oxygen atoms in total. The molecular formula is C16H23N3O. The van der Waals surface area contributed by atoms with Crippen molar-refractivity contribution in [3.63, 3.8) is 0 Å². The van der Waals surface area contributed by atoms with Gasteiger partial charge in [-0.05, 0) is 42.9 Å². The van der Waals surface area contributed by atoms with Crippen LogP contribution in [-0.2, 0) is 17.8 Å². The van der Waals surface area contributed by atoms with E-state index in [1.807, 2.05) is 0 Å². The molecule has 1 aromatic rings. The first-order valence-electron chi connectivity index (χ1n) is 7.62. The molecule has 0 radical (unpaired) electrons. The van der Waals surface area contributed by atoms with Gasteiger partial charge in [-0.25, -0.2) is 0 Å². The van der Waals surface area contributed by atoms with Crippen molar-refractivity contribution in [2.75, 3.05) is 18.0 Å². The fourth-order valence-electron chi connectivity index (χ4n) is 2.85. The fourth-order valence-corrected chi connectivity index (χ4v) is 2.85. The quantitative estimate of drug-likeness (QED) is 0.856. The van der Waals surface area contributed by atoms with Crippen LogP contribution in [0.4, 0.5) is 5.69 Å². The van der Waals surface area contributed by atoms with Gasteiger partial charge >= 0.3 is 0 Å². The summed E-state index contributed by atoms with van der Waals surface area (Å²) >= 11 is 0. The minimum atomic E-state index is 0.193. The first kappa shape index (κ1) is 13.4. The van der Waals surface area contributed by atoms with Crippen LogP contribution >= 0.6 is 0 Å². The number of benzene rings is 1. The number of rotatable bonds is 5. The summed E-state index contributed by atoms with van der Waals surface area (Å²) in [6, 6.07) is 6.94. The van der Waals surface area contributed by atoms with Crippen molar-refractivity contribution in [3.05, 3.63) is 29.3 Å². The Balaban J connectivity index is 1.62. The Kier molecular flexibility index (Phi) is 3.92. The van der Waals surface area contributed by atoms with E-state index in [1.54, 1.807) is 0 Å². The van der Waals surface area contributed by atoms with E-state index in [1.165, 1.54) is 16.8 Å². The molecule has 0 unspecified atom stereocenters. The Bertz CT molecular complexity index is 496. The predicted molar refractivity (Wildman–Crippen MR) is 80.6 cm³/mol. The summed E-state index contributed by atoms with van der Waals surface area (Å²) in [6.07, 6.45) is 5.17. The molecule has 1 fully saturated rings.